The van der Waals surface area contributed by atoms with Gasteiger partial charge in [-0.3, -0.25) is 0 Å². The number of hydrogen-bond donors (Lipinski definition) is 3. The molecule has 1 aliphatic heterocycles. The maximum absolute atomic E-state index is 9.05. The van der Waals surface area contributed by atoms with Crippen LogP contribution in [-0.4, -0.2) is 14.7 Å². The van der Waals surface area contributed by atoms with Gasteiger partial charge in [0.25, 0.3) is 0 Å². The van der Waals surface area contributed by atoms with Crippen LogP contribution in [0.4, 0.5) is 0 Å². The fourth-order valence-electron chi connectivity index (χ4n) is 0.436. The number of rotatable bonds is 0. The van der Waals surface area contributed by atoms with Gasteiger partial charge in [-0.2, -0.15) is 0 Å². The third-order valence-corrected chi connectivity index (χ3v) is 9.17. The summed E-state index contributed by atoms with van der Waals surface area (Å²) < 4.78 is 12.9. The van der Waals surface area contributed by atoms with E-state index < -0.39 is 20.2 Å². The Bertz CT molecular complexity index is 263. The zero-order chi connectivity index (χ0) is 9.62. The van der Waals surface area contributed by atoms with Crippen molar-refractivity contribution < 1.29 is 27.6 Å². The molecule has 0 unspecified atom stereocenters. The van der Waals surface area contributed by atoms with E-state index in [9.17, 15) is 0 Å². The third-order valence-electron chi connectivity index (χ3n) is 0.619. The summed E-state index contributed by atoms with van der Waals surface area (Å²) in [6.07, 6.45) is 0. The lowest BCUT2D eigenvalue weighted by atomic mass is 15.7. The largest absolute Gasteiger partial charge is 0.339 e. The van der Waals surface area contributed by atoms with Crippen molar-refractivity contribution in [2.24, 2.45) is 0 Å². The maximum Gasteiger partial charge on any atom is 0.339 e. The van der Waals surface area contributed by atoms with Crippen molar-refractivity contribution in [3.05, 3.63) is 0 Å². The molecule has 0 amide bonds. The summed E-state index contributed by atoms with van der Waals surface area (Å²) in [5.41, 5.74) is 0. The molecule has 1 saturated heterocycles. The lowest BCUT2D eigenvalue weighted by molar-refractivity contribution is 0.260. The zero-order valence-electron chi connectivity index (χ0n) is 5.13. The average Bonchev–Trinajstić information content (AvgIpc) is 1.44. The molecule has 0 saturated carbocycles. The van der Waals surface area contributed by atoms with E-state index in [4.69, 9.17) is 14.7 Å². The van der Waals surface area contributed by atoms with E-state index in [0.717, 1.165) is 0 Å². The van der Waals surface area contributed by atoms with E-state index in [2.05, 4.69) is 48.4 Å². The van der Waals surface area contributed by atoms with Crippen molar-refractivity contribution in [3.63, 3.8) is 0 Å². The topological polar surface area (TPSA) is 88.4 Å². The van der Waals surface area contributed by atoms with Crippen molar-refractivity contribution in [1.82, 2.24) is 0 Å². The van der Waals surface area contributed by atoms with E-state index in [-0.39, 0.29) is 0 Å². The SMILES string of the molecule is OP1(=S)OP(O)(=S)OP(O)(=S)O1. The van der Waals surface area contributed by atoms with Crippen LogP contribution in [0.15, 0.2) is 0 Å². The highest BCUT2D eigenvalue weighted by atomic mass is 32.5. The highest BCUT2D eigenvalue weighted by Gasteiger charge is 2.43. The van der Waals surface area contributed by atoms with Crippen LogP contribution >= 0.6 is 20.2 Å². The minimum absolute atomic E-state index is 3.73. The van der Waals surface area contributed by atoms with Crippen LogP contribution in [0, 0.1) is 0 Å². The second kappa shape index (κ2) is 3.38. The van der Waals surface area contributed by atoms with E-state index in [1.54, 1.807) is 0 Å². The predicted octanol–water partition coefficient (Wildman–Crippen LogP) is 0.700. The highest BCUT2D eigenvalue weighted by molar-refractivity contribution is 8.21. The summed E-state index contributed by atoms with van der Waals surface area (Å²) >= 11 is 13.0. The van der Waals surface area contributed by atoms with Crippen LogP contribution in [-0.2, 0) is 48.4 Å². The van der Waals surface area contributed by atoms with Crippen LogP contribution in [0.1, 0.15) is 0 Å². The molecule has 0 bridgehead atoms. The molecule has 0 aromatic heterocycles. The highest BCUT2D eigenvalue weighted by Crippen LogP contribution is 2.78. The van der Waals surface area contributed by atoms with Gasteiger partial charge < -0.3 is 14.7 Å². The maximum atomic E-state index is 9.05. The molecule has 0 aromatic carbocycles. The minimum atomic E-state index is -3.73. The van der Waals surface area contributed by atoms with Crippen molar-refractivity contribution in [2.75, 3.05) is 0 Å². The molecule has 12 heavy (non-hydrogen) atoms. The zero-order valence-corrected chi connectivity index (χ0v) is 10.3. The molecular formula is H3O6P3S3. The molecule has 3 N–H and O–H groups in total. The molecule has 0 radical (unpaired) electrons. The van der Waals surface area contributed by atoms with Crippen LogP contribution < -0.4 is 0 Å². The Morgan fingerprint density at radius 1 is 0.667 bits per heavy atom. The molecule has 0 aliphatic carbocycles. The van der Waals surface area contributed by atoms with Gasteiger partial charge in [0.1, 0.15) is 0 Å². The molecular weight excluding hydrogens is 285 g/mol. The van der Waals surface area contributed by atoms with Gasteiger partial charge in [-0.25, -0.2) is 12.9 Å². The Balaban J connectivity index is 3.05. The van der Waals surface area contributed by atoms with Crippen LogP contribution in [0.2, 0.25) is 0 Å². The monoisotopic (exact) mass is 288 g/mol. The van der Waals surface area contributed by atoms with Gasteiger partial charge in [0.15, 0.2) is 0 Å². The standard InChI is InChI=1S/H3O6P3S3/c1-7(10)4-8(2,11)6-9(3,12)5-7/h(H,1,10)(H,2,11)(H,3,12). The Morgan fingerprint density at radius 3 is 1.00 bits per heavy atom. The quantitative estimate of drug-likeness (QED) is 0.557. The smallest absolute Gasteiger partial charge is 0.324 e. The lowest BCUT2D eigenvalue weighted by Crippen LogP contribution is -2.02. The van der Waals surface area contributed by atoms with E-state index in [0.29, 0.717) is 0 Å². The molecule has 12 heteroatoms. The lowest BCUT2D eigenvalue weighted by Gasteiger charge is -2.31. The fourth-order valence-corrected chi connectivity index (χ4v) is 10.7. The molecule has 1 rings (SSSR count). The summed E-state index contributed by atoms with van der Waals surface area (Å²) in [5, 5.41) is 0. The first-order valence-electron chi connectivity index (χ1n) is 2.24. The molecule has 6 nitrogen and oxygen atoms in total. The molecule has 1 heterocycles. The van der Waals surface area contributed by atoms with Crippen molar-refractivity contribution in [2.45, 2.75) is 0 Å². The minimum Gasteiger partial charge on any atom is -0.324 e. The van der Waals surface area contributed by atoms with Crippen LogP contribution in [0.3, 0.4) is 0 Å². The first-order valence-corrected chi connectivity index (χ1v) is 10.0. The normalized spacial score (nSPS) is 55.2. The van der Waals surface area contributed by atoms with Crippen LogP contribution in [0.25, 0.3) is 0 Å². The Hall–Kier alpha value is 1.71. The van der Waals surface area contributed by atoms with Crippen molar-refractivity contribution >= 4 is 55.6 Å². The van der Waals surface area contributed by atoms with Gasteiger partial charge in [-0.15, -0.1) is 0 Å². The van der Waals surface area contributed by atoms with Gasteiger partial charge in [-0.1, -0.05) is 0 Å². The third kappa shape index (κ3) is 3.46. The Labute approximate surface area is 83.2 Å². The Kier molecular flexibility index (Phi) is 3.32. The second-order valence-electron chi connectivity index (χ2n) is 1.65. The number of hydrogen-bond acceptors (Lipinski definition) is 6. The van der Waals surface area contributed by atoms with Crippen LogP contribution in [0.5, 0.6) is 0 Å². The van der Waals surface area contributed by atoms with E-state index >= 15 is 0 Å². The first-order chi connectivity index (χ1) is 5.12. The average molecular weight is 288 g/mol. The van der Waals surface area contributed by atoms with E-state index in [1.807, 2.05) is 0 Å². The molecule has 0 spiro atoms. The first kappa shape index (κ1) is 11.8. The van der Waals surface area contributed by atoms with Crippen molar-refractivity contribution in [3.8, 4) is 0 Å². The van der Waals surface area contributed by atoms with E-state index in [1.165, 1.54) is 0 Å². The van der Waals surface area contributed by atoms with Gasteiger partial charge in [-0.05, 0) is 35.4 Å². The molecule has 72 valence electrons. The summed E-state index contributed by atoms with van der Waals surface area (Å²) in [4.78, 5) is 27.1. The Morgan fingerprint density at radius 2 is 0.833 bits per heavy atom. The molecule has 0 atom stereocenters. The molecule has 0 aromatic rings. The second-order valence-corrected chi connectivity index (χ2v) is 10.6. The van der Waals surface area contributed by atoms with Gasteiger partial charge in [0.05, 0.1) is 0 Å². The summed E-state index contributed by atoms with van der Waals surface area (Å²) in [6.45, 7) is -11.2. The molecule has 1 aliphatic rings. The van der Waals surface area contributed by atoms with Gasteiger partial charge >= 0.3 is 20.2 Å². The molecule has 1 fully saturated rings. The van der Waals surface area contributed by atoms with Gasteiger partial charge in [0, 0.05) is 0 Å². The predicted molar refractivity (Wildman–Crippen MR) is 52.8 cm³/mol. The summed E-state index contributed by atoms with van der Waals surface area (Å²) in [7, 11) is 0. The summed E-state index contributed by atoms with van der Waals surface area (Å²) in [6, 6.07) is 0. The van der Waals surface area contributed by atoms with Gasteiger partial charge in [0.2, 0.25) is 0 Å². The fraction of sp³-hybridized carbons (Fsp3) is 0. The summed E-state index contributed by atoms with van der Waals surface area (Å²) in [5.74, 6) is 0. The van der Waals surface area contributed by atoms with Crippen molar-refractivity contribution in [1.29, 1.82) is 0 Å².